The molecule has 0 amide bonds. The molecule has 3 aromatic rings. The summed E-state index contributed by atoms with van der Waals surface area (Å²) in [6.07, 6.45) is 0. The van der Waals surface area contributed by atoms with Gasteiger partial charge in [-0.25, -0.2) is 0 Å². The molecular formula is C18H9BBrClO2. The summed E-state index contributed by atoms with van der Waals surface area (Å²) in [5.41, 5.74) is 3.32. The molecule has 0 aromatic heterocycles. The van der Waals surface area contributed by atoms with Gasteiger partial charge < -0.3 is 9.47 Å². The number of para-hydroxylation sites is 2. The maximum absolute atomic E-state index is 6.35. The third kappa shape index (κ3) is 1.82. The van der Waals surface area contributed by atoms with Crippen LogP contribution in [0.2, 0.25) is 5.02 Å². The molecule has 3 aromatic carbocycles. The fourth-order valence-corrected chi connectivity index (χ4v) is 3.98. The molecule has 110 valence electrons. The molecule has 0 spiro atoms. The first-order chi connectivity index (χ1) is 11.2. The molecule has 2 nitrogen and oxygen atoms in total. The van der Waals surface area contributed by atoms with E-state index in [0.717, 1.165) is 43.9 Å². The number of hydrogen-bond donors (Lipinski definition) is 0. The van der Waals surface area contributed by atoms with Gasteiger partial charge in [-0.3, -0.25) is 0 Å². The van der Waals surface area contributed by atoms with E-state index in [0.29, 0.717) is 5.02 Å². The van der Waals surface area contributed by atoms with Gasteiger partial charge in [-0.05, 0) is 39.0 Å². The normalized spacial score (nSPS) is 13.4. The van der Waals surface area contributed by atoms with Crippen LogP contribution in [0.1, 0.15) is 0 Å². The summed E-state index contributed by atoms with van der Waals surface area (Å²) in [5, 5.41) is 0.580. The number of ether oxygens (including phenoxy) is 2. The lowest BCUT2D eigenvalue weighted by Gasteiger charge is -2.33. The standard InChI is InChI=1S/C18H9BBrClO2/c20-17-12(21)9-15-16-18(17)23-14-8-4-2-6-11(14)19(16)10-5-1-3-7-13(10)22-15/h1-9H. The monoisotopic (exact) mass is 382 g/mol. The van der Waals surface area contributed by atoms with Crippen LogP contribution in [0, 0.1) is 0 Å². The van der Waals surface area contributed by atoms with Gasteiger partial charge in [0.05, 0.1) is 9.50 Å². The quantitative estimate of drug-likeness (QED) is 0.379. The van der Waals surface area contributed by atoms with Crippen molar-refractivity contribution in [2.75, 3.05) is 0 Å². The molecular weight excluding hydrogens is 374 g/mol. The molecule has 2 heterocycles. The van der Waals surface area contributed by atoms with Gasteiger partial charge in [-0.2, -0.15) is 0 Å². The van der Waals surface area contributed by atoms with Crippen LogP contribution in [-0.4, -0.2) is 6.71 Å². The average Bonchev–Trinajstić information content (AvgIpc) is 2.59. The summed E-state index contributed by atoms with van der Waals surface area (Å²) in [6, 6.07) is 18.1. The van der Waals surface area contributed by atoms with E-state index >= 15 is 0 Å². The van der Waals surface area contributed by atoms with E-state index in [-0.39, 0.29) is 6.71 Å². The molecule has 0 bridgehead atoms. The van der Waals surface area contributed by atoms with Gasteiger partial charge in [0, 0.05) is 11.5 Å². The molecule has 2 aliphatic rings. The zero-order valence-corrected chi connectivity index (χ0v) is 14.2. The van der Waals surface area contributed by atoms with Crippen LogP contribution in [0.5, 0.6) is 23.0 Å². The Morgan fingerprint density at radius 2 is 1.43 bits per heavy atom. The number of rotatable bonds is 0. The van der Waals surface area contributed by atoms with Crippen LogP contribution in [0.3, 0.4) is 0 Å². The fourth-order valence-electron chi connectivity index (χ4n) is 3.38. The second-order valence-electron chi connectivity index (χ2n) is 5.63. The van der Waals surface area contributed by atoms with E-state index in [1.54, 1.807) is 0 Å². The van der Waals surface area contributed by atoms with Gasteiger partial charge in [0.25, 0.3) is 6.71 Å². The minimum Gasteiger partial charge on any atom is -0.458 e. The van der Waals surface area contributed by atoms with Gasteiger partial charge in [0.15, 0.2) is 0 Å². The van der Waals surface area contributed by atoms with Crippen LogP contribution < -0.4 is 25.9 Å². The maximum Gasteiger partial charge on any atom is 0.260 e. The van der Waals surface area contributed by atoms with E-state index in [2.05, 4.69) is 28.1 Å². The van der Waals surface area contributed by atoms with Gasteiger partial charge in [0.2, 0.25) is 0 Å². The predicted octanol–water partition coefficient (Wildman–Crippen LogP) is 3.83. The summed E-state index contributed by atoms with van der Waals surface area (Å²) in [6.45, 7) is 0.0865. The molecule has 0 fully saturated rings. The molecule has 5 rings (SSSR count). The highest BCUT2D eigenvalue weighted by Crippen LogP contribution is 2.42. The van der Waals surface area contributed by atoms with Crippen molar-refractivity contribution < 1.29 is 9.47 Å². The Morgan fingerprint density at radius 1 is 0.826 bits per heavy atom. The van der Waals surface area contributed by atoms with Crippen LogP contribution in [0.25, 0.3) is 0 Å². The first-order valence-corrected chi connectivity index (χ1v) is 8.46. The van der Waals surface area contributed by atoms with Crippen molar-refractivity contribution in [3.8, 4) is 23.0 Å². The topological polar surface area (TPSA) is 18.5 Å². The first kappa shape index (κ1) is 13.5. The van der Waals surface area contributed by atoms with Crippen molar-refractivity contribution in [3.05, 3.63) is 64.1 Å². The summed E-state index contributed by atoms with van der Waals surface area (Å²) >= 11 is 9.91. The van der Waals surface area contributed by atoms with Crippen LogP contribution in [0.4, 0.5) is 0 Å². The second kappa shape index (κ2) is 4.79. The molecule has 2 aliphatic heterocycles. The highest BCUT2D eigenvalue weighted by molar-refractivity contribution is 9.10. The van der Waals surface area contributed by atoms with E-state index in [1.165, 1.54) is 0 Å². The van der Waals surface area contributed by atoms with E-state index in [1.807, 2.05) is 42.5 Å². The SMILES string of the molecule is Clc1cc2c3c(c1Br)Oc1ccccc1B3c1ccccc1O2. The summed E-state index contributed by atoms with van der Waals surface area (Å²) in [7, 11) is 0. The average molecular weight is 383 g/mol. The van der Waals surface area contributed by atoms with Gasteiger partial charge in [-0.1, -0.05) is 48.0 Å². The van der Waals surface area contributed by atoms with Crippen molar-refractivity contribution in [3.63, 3.8) is 0 Å². The lowest BCUT2D eigenvalue weighted by atomic mass is 9.35. The van der Waals surface area contributed by atoms with Gasteiger partial charge >= 0.3 is 0 Å². The summed E-state index contributed by atoms with van der Waals surface area (Å²) in [4.78, 5) is 0. The zero-order chi connectivity index (χ0) is 15.6. The number of hydrogen-bond acceptors (Lipinski definition) is 2. The van der Waals surface area contributed by atoms with Crippen molar-refractivity contribution in [1.29, 1.82) is 0 Å². The summed E-state index contributed by atoms with van der Waals surface area (Å²) in [5.74, 6) is 3.22. The molecule has 0 atom stereocenters. The van der Waals surface area contributed by atoms with Crippen LogP contribution in [-0.2, 0) is 0 Å². The second-order valence-corrected chi connectivity index (χ2v) is 6.83. The van der Waals surface area contributed by atoms with Crippen molar-refractivity contribution >= 4 is 50.6 Å². The number of fused-ring (bicyclic) bond motifs is 4. The highest BCUT2D eigenvalue weighted by atomic mass is 79.9. The number of halogens is 2. The fraction of sp³-hybridized carbons (Fsp3) is 0. The third-order valence-corrected chi connectivity index (χ3v) is 5.67. The predicted molar refractivity (Wildman–Crippen MR) is 96.8 cm³/mol. The Hall–Kier alpha value is -1.91. The van der Waals surface area contributed by atoms with Crippen LogP contribution in [0.15, 0.2) is 59.1 Å². The zero-order valence-electron chi connectivity index (χ0n) is 11.8. The molecule has 0 N–H and O–H groups in total. The molecule has 23 heavy (non-hydrogen) atoms. The van der Waals surface area contributed by atoms with Crippen LogP contribution >= 0.6 is 27.5 Å². The number of benzene rings is 3. The Morgan fingerprint density at radius 3 is 2.13 bits per heavy atom. The molecule has 0 saturated heterocycles. The van der Waals surface area contributed by atoms with Crippen molar-refractivity contribution in [2.24, 2.45) is 0 Å². The molecule has 5 heteroatoms. The smallest absolute Gasteiger partial charge is 0.260 e. The lowest BCUT2D eigenvalue weighted by molar-refractivity contribution is 0.462. The lowest BCUT2D eigenvalue weighted by Crippen LogP contribution is -2.57. The Bertz CT molecular complexity index is 962. The third-order valence-electron chi connectivity index (χ3n) is 4.36. The van der Waals surface area contributed by atoms with E-state index in [4.69, 9.17) is 21.1 Å². The van der Waals surface area contributed by atoms with Gasteiger partial charge in [0.1, 0.15) is 23.0 Å². The Kier molecular flexibility index (Phi) is 2.82. The van der Waals surface area contributed by atoms with Crippen molar-refractivity contribution in [2.45, 2.75) is 0 Å². The van der Waals surface area contributed by atoms with E-state index < -0.39 is 0 Å². The molecule has 0 saturated carbocycles. The molecule has 0 aliphatic carbocycles. The Labute approximate surface area is 147 Å². The minimum absolute atomic E-state index is 0.0865. The Balaban J connectivity index is 1.90. The van der Waals surface area contributed by atoms with Crippen molar-refractivity contribution in [1.82, 2.24) is 0 Å². The minimum atomic E-state index is 0.0865. The molecule has 0 unspecified atom stereocenters. The van der Waals surface area contributed by atoms with Gasteiger partial charge in [-0.15, -0.1) is 0 Å². The summed E-state index contributed by atoms with van der Waals surface area (Å²) < 4.78 is 13.0. The largest absolute Gasteiger partial charge is 0.458 e. The maximum atomic E-state index is 6.35. The molecule has 0 radical (unpaired) electrons. The highest BCUT2D eigenvalue weighted by Gasteiger charge is 2.41. The van der Waals surface area contributed by atoms with E-state index in [9.17, 15) is 0 Å². The first-order valence-electron chi connectivity index (χ1n) is 7.29.